The van der Waals surface area contributed by atoms with Crippen molar-refractivity contribution in [1.29, 1.82) is 0 Å². The van der Waals surface area contributed by atoms with Crippen molar-refractivity contribution in [3.05, 3.63) is 77.6 Å². The van der Waals surface area contributed by atoms with Crippen molar-refractivity contribution in [1.82, 2.24) is 30.5 Å². The summed E-state index contributed by atoms with van der Waals surface area (Å²) in [6.07, 6.45) is 4.53. The Morgan fingerprint density at radius 3 is 2.50 bits per heavy atom. The fourth-order valence-electron chi connectivity index (χ4n) is 4.45. The summed E-state index contributed by atoms with van der Waals surface area (Å²) < 4.78 is 7.11. The number of hydrogen-bond acceptors (Lipinski definition) is 6. The van der Waals surface area contributed by atoms with Crippen molar-refractivity contribution in [3.8, 4) is 5.75 Å². The molecule has 1 aliphatic rings. The van der Waals surface area contributed by atoms with E-state index in [0.717, 1.165) is 30.5 Å². The number of ether oxygens (including phenoxy) is 1. The van der Waals surface area contributed by atoms with Crippen molar-refractivity contribution in [2.24, 2.45) is 0 Å². The summed E-state index contributed by atoms with van der Waals surface area (Å²) >= 11 is 0. The molecule has 2 aromatic carbocycles. The van der Waals surface area contributed by atoms with Crippen LogP contribution in [-0.2, 0) is 4.79 Å². The van der Waals surface area contributed by atoms with E-state index in [9.17, 15) is 9.59 Å². The summed E-state index contributed by atoms with van der Waals surface area (Å²) in [5.74, 6) is 0.259. The maximum atomic E-state index is 13.7. The highest BCUT2D eigenvalue weighted by Crippen LogP contribution is 2.25. The molecular weight excluding hydrogens is 456 g/mol. The van der Waals surface area contributed by atoms with Gasteiger partial charge in [0.05, 0.1) is 25.0 Å². The van der Waals surface area contributed by atoms with E-state index >= 15 is 0 Å². The number of aromatic nitrogens is 3. The second-order valence-electron chi connectivity index (χ2n) is 9.09. The van der Waals surface area contributed by atoms with Crippen LogP contribution in [0.5, 0.6) is 5.75 Å². The number of hydrogen-bond donors (Lipinski definition) is 2. The van der Waals surface area contributed by atoms with E-state index in [0.29, 0.717) is 24.4 Å². The van der Waals surface area contributed by atoms with E-state index in [1.165, 1.54) is 0 Å². The Balaban J connectivity index is 1.48. The Morgan fingerprint density at radius 1 is 1.06 bits per heavy atom. The molecule has 1 saturated heterocycles. The van der Waals surface area contributed by atoms with Crippen LogP contribution in [-0.4, -0.2) is 59.0 Å². The molecule has 0 radical (unpaired) electrons. The van der Waals surface area contributed by atoms with Gasteiger partial charge in [0.25, 0.3) is 5.91 Å². The number of likely N-dealkylation sites (tertiary alicyclic amines) is 1. The van der Waals surface area contributed by atoms with Crippen LogP contribution in [0.1, 0.15) is 65.9 Å². The van der Waals surface area contributed by atoms with Gasteiger partial charge in [-0.3, -0.25) is 9.59 Å². The fraction of sp³-hybridized carbons (Fsp3) is 0.407. The van der Waals surface area contributed by atoms with Gasteiger partial charge in [-0.25, -0.2) is 4.68 Å². The minimum Gasteiger partial charge on any atom is -0.497 e. The first-order chi connectivity index (χ1) is 17.5. The lowest BCUT2D eigenvalue weighted by atomic mass is 10.0. The number of nitrogens with one attached hydrogen (secondary N) is 2. The average Bonchev–Trinajstić information content (AvgIpc) is 3.29. The SMILES string of the molecule is CNC(C)c1cn(C2CCCN(C(=O)C(NC(=O)c3ccc(OC)cc3)c3ccccc3)CC2)nn1. The highest BCUT2D eigenvalue weighted by atomic mass is 16.5. The first kappa shape index (κ1) is 25.4. The van der Waals surface area contributed by atoms with Gasteiger partial charge in [0.15, 0.2) is 0 Å². The Bertz CT molecular complexity index is 1150. The van der Waals surface area contributed by atoms with Crippen LogP contribution < -0.4 is 15.4 Å². The van der Waals surface area contributed by atoms with E-state index in [1.54, 1.807) is 31.4 Å². The highest BCUT2D eigenvalue weighted by molar-refractivity contribution is 5.98. The first-order valence-electron chi connectivity index (χ1n) is 12.4. The maximum absolute atomic E-state index is 13.7. The Morgan fingerprint density at radius 2 is 1.81 bits per heavy atom. The van der Waals surface area contributed by atoms with Crippen molar-refractivity contribution in [3.63, 3.8) is 0 Å². The van der Waals surface area contributed by atoms with E-state index in [-0.39, 0.29) is 23.9 Å². The molecule has 190 valence electrons. The lowest BCUT2D eigenvalue weighted by Gasteiger charge is -2.27. The number of methoxy groups -OCH3 is 1. The Kier molecular flexibility index (Phi) is 8.32. The molecule has 9 nitrogen and oxygen atoms in total. The molecule has 9 heteroatoms. The van der Waals surface area contributed by atoms with E-state index in [2.05, 4.69) is 20.9 Å². The minimum absolute atomic E-state index is 0.105. The number of rotatable bonds is 8. The van der Waals surface area contributed by atoms with Gasteiger partial charge in [0, 0.05) is 24.7 Å². The standard InChI is InChI=1S/C27H34N6O3/c1-19(28-2)24-18-33(31-30-24)22-10-7-16-32(17-15-22)27(35)25(20-8-5-4-6-9-20)29-26(34)21-11-13-23(36-3)14-12-21/h4-6,8-9,11-14,18-19,22,25,28H,7,10,15-17H2,1-3H3,(H,29,34). The monoisotopic (exact) mass is 490 g/mol. The maximum Gasteiger partial charge on any atom is 0.252 e. The molecule has 0 spiro atoms. The fourth-order valence-corrected chi connectivity index (χ4v) is 4.45. The van der Waals surface area contributed by atoms with Crippen molar-refractivity contribution >= 4 is 11.8 Å². The molecule has 36 heavy (non-hydrogen) atoms. The lowest BCUT2D eigenvalue weighted by molar-refractivity contribution is -0.133. The zero-order valence-corrected chi connectivity index (χ0v) is 21.1. The topological polar surface area (TPSA) is 101 Å². The zero-order valence-electron chi connectivity index (χ0n) is 21.1. The predicted octanol–water partition coefficient (Wildman–Crippen LogP) is 3.29. The molecular formula is C27H34N6O3. The van der Waals surface area contributed by atoms with Gasteiger partial charge in [0.1, 0.15) is 11.8 Å². The van der Waals surface area contributed by atoms with Crippen LogP contribution in [0.2, 0.25) is 0 Å². The third-order valence-electron chi connectivity index (χ3n) is 6.80. The third kappa shape index (κ3) is 5.91. The molecule has 2 amide bonds. The smallest absolute Gasteiger partial charge is 0.252 e. The molecule has 0 saturated carbocycles. The minimum atomic E-state index is -0.771. The van der Waals surface area contributed by atoms with Gasteiger partial charge in [-0.05, 0) is 63.1 Å². The van der Waals surface area contributed by atoms with Gasteiger partial charge >= 0.3 is 0 Å². The van der Waals surface area contributed by atoms with Gasteiger partial charge in [-0.2, -0.15) is 0 Å². The Hall–Kier alpha value is -3.72. The molecule has 2 heterocycles. The quantitative estimate of drug-likeness (QED) is 0.503. The third-order valence-corrected chi connectivity index (χ3v) is 6.80. The average molecular weight is 491 g/mol. The molecule has 2 N–H and O–H groups in total. The van der Waals surface area contributed by atoms with E-state index < -0.39 is 6.04 Å². The number of carbonyl (C=O) groups excluding carboxylic acids is 2. The zero-order chi connectivity index (χ0) is 25.5. The molecule has 1 fully saturated rings. The van der Waals surface area contributed by atoms with Crippen molar-refractivity contribution in [2.45, 2.75) is 44.3 Å². The highest BCUT2D eigenvalue weighted by Gasteiger charge is 2.30. The van der Waals surface area contributed by atoms with Crippen LogP contribution in [0.25, 0.3) is 0 Å². The lowest BCUT2D eigenvalue weighted by Crippen LogP contribution is -2.43. The second-order valence-corrected chi connectivity index (χ2v) is 9.09. The molecule has 1 aromatic heterocycles. The van der Waals surface area contributed by atoms with E-state index in [1.807, 2.05) is 60.1 Å². The Labute approximate surface area is 211 Å². The van der Waals surface area contributed by atoms with Crippen LogP contribution in [0, 0.1) is 0 Å². The molecule has 0 aliphatic carbocycles. The number of carbonyl (C=O) groups is 2. The summed E-state index contributed by atoms with van der Waals surface area (Å²) in [5, 5.41) is 14.8. The van der Waals surface area contributed by atoms with Gasteiger partial charge in [0.2, 0.25) is 5.91 Å². The second kappa shape index (κ2) is 11.8. The molecule has 3 aromatic rings. The van der Waals surface area contributed by atoms with E-state index in [4.69, 9.17) is 4.74 Å². The van der Waals surface area contributed by atoms with Gasteiger partial charge < -0.3 is 20.3 Å². The normalized spacial score (nSPS) is 17.6. The largest absolute Gasteiger partial charge is 0.497 e. The molecule has 0 bridgehead atoms. The molecule has 3 atom stereocenters. The van der Waals surface area contributed by atoms with Gasteiger partial charge in [-0.15, -0.1) is 5.10 Å². The van der Waals surface area contributed by atoms with Gasteiger partial charge in [-0.1, -0.05) is 35.5 Å². The summed E-state index contributed by atoms with van der Waals surface area (Å²) in [5.41, 5.74) is 2.13. The summed E-state index contributed by atoms with van der Waals surface area (Å²) in [4.78, 5) is 28.7. The van der Waals surface area contributed by atoms with Crippen molar-refractivity contribution in [2.75, 3.05) is 27.2 Å². The van der Waals surface area contributed by atoms with Crippen LogP contribution in [0.15, 0.2) is 60.8 Å². The van der Waals surface area contributed by atoms with Crippen LogP contribution in [0.3, 0.4) is 0 Å². The molecule has 3 unspecified atom stereocenters. The molecule has 1 aliphatic heterocycles. The number of nitrogens with zero attached hydrogens (tertiary/aromatic N) is 4. The number of amides is 2. The predicted molar refractivity (Wildman–Crippen MR) is 137 cm³/mol. The first-order valence-corrected chi connectivity index (χ1v) is 12.4. The van der Waals surface area contributed by atoms with Crippen LogP contribution >= 0.6 is 0 Å². The number of benzene rings is 2. The molecule has 4 rings (SSSR count). The summed E-state index contributed by atoms with van der Waals surface area (Å²) in [6.45, 7) is 3.26. The van der Waals surface area contributed by atoms with Crippen LogP contribution in [0.4, 0.5) is 0 Å². The van der Waals surface area contributed by atoms with Crippen molar-refractivity contribution < 1.29 is 14.3 Å². The summed E-state index contributed by atoms with van der Waals surface area (Å²) in [6, 6.07) is 15.8. The summed E-state index contributed by atoms with van der Waals surface area (Å²) in [7, 11) is 3.48.